The first-order valence-corrected chi connectivity index (χ1v) is 5.87. The van der Waals surface area contributed by atoms with Crippen LogP contribution in [-0.4, -0.2) is 5.11 Å². The van der Waals surface area contributed by atoms with Gasteiger partial charge in [-0.05, 0) is 47.6 Å². The van der Waals surface area contributed by atoms with E-state index in [1.807, 2.05) is 12.1 Å². The van der Waals surface area contributed by atoms with E-state index in [1.165, 1.54) is 16.7 Å². The summed E-state index contributed by atoms with van der Waals surface area (Å²) in [6.07, 6.45) is 3.26. The highest BCUT2D eigenvalue weighted by molar-refractivity contribution is 5.68. The number of aromatic hydroxyl groups is 1. The summed E-state index contributed by atoms with van der Waals surface area (Å²) in [6.45, 7) is 10.8. The maximum atomic E-state index is 9.59. The van der Waals surface area contributed by atoms with Gasteiger partial charge in [0.2, 0.25) is 0 Å². The van der Waals surface area contributed by atoms with Crippen molar-refractivity contribution in [2.75, 3.05) is 0 Å². The Morgan fingerprint density at radius 2 is 1.94 bits per heavy atom. The molecule has 0 atom stereocenters. The van der Waals surface area contributed by atoms with Crippen molar-refractivity contribution in [1.29, 1.82) is 0 Å². The molecule has 1 aromatic carbocycles. The van der Waals surface area contributed by atoms with Crippen LogP contribution in [0, 0.1) is 0 Å². The number of phenols is 1. The van der Waals surface area contributed by atoms with Crippen molar-refractivity contribution in [2.24, 2.45) is 0 Å². The summed E-state index contributed by atoms with van der Waals surface area (Å²) in [5.74, 6) is 0.345. The Morgan fingerprint density at radius 1 is 1.31 bits per heavy atom. The summed E-state index contributed by atoms with van der Waals surface area (Å²) in [4.78, 5) is 0. The van der Waals surface area contributed by atoms with Crippen molar-refractivity contribution < 1.29 is 5.11 Å². The van der Waals surface area contributed by atoms with E-state index >= 15 is 0 Å². The minimum absolute atomic E-state index is 0.0525. The van der Waals surface area contributed by atoms with Gasteiger partial charge in [0.05, 0.1) is 0 Å². The molecule has 0 aliphatic carbocycles. The predicted octanol–water partition coefficient (Wildman–Crippen LogP) is 4.50. The Balaban J connectivity index is 3.34. The molecule has 0 unspecified atom stereocenters. The molecule has 0 saturated carbocycles. The highest BCUT2D eigenvalue weighted by Crippen LogP contribution is 2.32. The third-order valence-electron chi connectivity index (χ3n) is 2.75. The lowest BCUT2D eigenvalue weighted by molar-refractivity contribution is 0.471. The van der Waals surface area contributed by atoms with E-state index in [-0.39, 0.29) is 5.41 Å². The van der Waals surface area contributed by atoms with E-state index in [1.54, 1.807) is 6.07 Å². The van der Waals surface area contributed by atoms with Crippen LogP contribution in [0.5, 0.6) is 5.75 Å². The molecule has 1 aromatic rings. The molecule has 0 spiro atoms. The average molecular weight is 218 g/mol. The number of hydrogen-bond donors (Lipinski definition) is 1. The zero-order chi connectivity index (χ0) is 12.3. The lowest BCUT2D eigenvalue weighted by atomic mass is 9.81. The Hall–Kier alpha value is -1.24. The third kappa shape index (κ3) is 2.88. The van der Waals surface area contributed by atoms with Gasteiger partial charge in [-0.2, -0.15) is 0 Å². The summed E-state index contributed by atoms with van der Waals surface area (Å²) in [6, 6.07) is 5.65. The van der Waals surface area contributed by atoms with E-state index in [9.17, 15) is 5.11 Å². The number of rotatable bonds is 2. The van der Waals surface area contributed by atoms with Crippen LogP contribution in [0.25, 0.3) is 5.57 Å². The van der Waals surface area contributed by atoms with Gasteiger partial charge in [-0.15, -0.1) is 0 Å². The van der Waals surface area contributed by atoms with Gasteiger partial charge in [0.1, 0.15) is 5.75 Å². The first-order chi connectivity index (χ1) is 7.36. The fraction of sp³-hybridized carbons (Fsp3) is 0.467. The Labute approximate surface area is 98.8 Å². The quantitative estimate of drug-likeness (QED) is 0.774. The SMILES string of the molecule is CC/C=C(/C)c1ccc(O)cc1C(C)(C)C. The van der Waals surface area contributed by atoms with Crippen LogP contribution < -0.4 is 0 Å². The van der Waals surface area contributed by atoms with E-state index in [2.05, 4.69) is 40.7 Å². The molecule has 1 nitrogen and oxygen atoms in total. The second kappa shape index (κ2) is 4.73. The van der Waals surface area contributed by atoms with Crippen LogP contribution in [0.15, 0.2) is 24.3 Å². The molecule has 0 saturated heterocycles. The highest BCUT2D eigenvalue weighted by Gasteiger charge is 2.18. The zero-order valence-corrected chi connectivity index (χ0v) is 11.0. The molecule has 0 aliphatic rings. The molecule has 0 fully saturated rings. The van der Waals surface area contributed by atoms with Gasteiger partial charge in [0, 0.05) is 0 Å². The Kier molecular flexibility index (Phi) is 3.79. The average Bonchev–Trinajstić information content (AvgIpc) is 2.16. The molecule has 0 bridgehead atoms. The van der Waals surface area contributed by atoms with Crippen molar-refractivity contribution in [3.8, 4) is 5.75 Å². The number of benzene rings is 1. The molecule has 16 heavy (non-hydrogen) atoms. The molecular weight excluding hydrogens is 196 g/mol. The first-order valence-electron chi connectivity index (χ1n) is 5.87. The van der Waals surface area contributed by atoms with Gasteiger partial charge in [0.25, 0.3) is 0 Å². The van der Waals surface area contributed by atoms with Gasteiger partial charge >= 0.3 is 0 Å². The predicted molar refractivity (Wildman–Crippen MR) is 70.7 cm³/mol. The van der Waals surface area contributed by atoms with Crippen LogP contribution in [0.2, 0.25) is 0 Å². The first kappa shape index (κ1) is 12.8. The van der Waals surface area contributed by atoms with E-state index in [0.717, 1.165) is 6.42 Å². The molecule has 1 N–H and O–H groups in total. The molecule has 1 heteroatoms. The number of allylic oxidation sites excluding steroid dienone is 2. The molecule has 0 aromatic heterocycles. The monoisotopic (exact) mass is 218 g/mol. The van der Waals surface area contributed by atoms with Crippen LogP contribution in [0.3, 0.4) is 0 Å². The van der Waals surface area contributed by atoms with Crippen LogP contribution in [0.1, 0.15) is 52.2 Å². The van der Waals surface area contributed by atoms with Crippen molar-refractivity contribution in [1.82, 2.24) is 0 Å². The smallest absolute Gasteiger partial charge is 0.115 e. The second-order valence-electron chi connectivity index (χ2n) is 5.28. The summed E-state index contributed by atoms with van der Waals surface area (Å²) in [7, 11) is 0. The van der Waals surface area contributed by atoms with Crippen molar-refractivity contribution in [2.45, 2.75) is 46.5 Å². The molecule has 1 rings (SSSR count). The maximum Gasteiger partial charge on any atom is 0.115 e. The standard InChI is InChI=1S/C15H22O/c1-6-7-11(2)13-9-8-12(16)10-14(13)15(3,4)5/h7-10,16H,6H2,1-5H3/b11-7-. The van der Waals surface area contributed by atoms with E-state index in [4.69, 9.17) is 0 Å². The fourth-order valence-corrected chi connectivity index (χ4v) is 1.91. The maximum absolute atomic E-state index is 9.59. The molecular formula is C15H22O. The van der Waals surface area contributed by atoms with Gasteiger partial charge in [-0.1, -0.05) is 39.8 Å². The van der Waals surface area contributed by atoms with Crippen LogP contribution in [0.4, 0.5) is 0 Å². The third-order valence-corrected chi connectivity index (χ3v) is 2.75. The van der Waals surface area contributed by atoms with Crippen molar-refractivity contribution >= 4 is 5.57 Å². The van der Waals surface area contributed by atoms with Crippen LogP contribution >= 0.6 is 0 Å². The van der Waals surface area contributed by atoms with Gasteiger partial charge in [-0.3, -0.25) is 0 Å². The van der Waals surface area contributed by atoms with Crippen LogP contribution in [-0.2, 0) is 5.41 Å². The topological polar surface area (TPSA) is 20.2 Å². The molecule has 0 aliphatic heterocycles. The molecule has 0 heterocycles. The molecule has 88 valence electrons. The minimum Gasteiger partial charge on any atom is -0.508 e. The van der Waals surface area contributed by atoms with Gasteiger partial charge in [0.15, 0.2) is 0 Å². The zero-order valence-electron chi connectivity index (χ0n) is 11.0. The number of phenolic OH excluding ortho intramolecular Hbond substituents is 1. The Bertz CT molecular complexity index is 394. The number of hydrogen-bond acceptors (Lipinski definition) is 1. The highest BCUT2D eigenvalue weighted by atomic mass is 16.3. The lowest BCUT2D eigenvalue weighted by Gasteiger charge is -2.23. The second-order valence-corrected chi connectivity index (χ2v) is 5.28. The lowest BCUT2D eigenvalue weighted by Crippen LogP contribution is -2.13. The van der Waals surface area contributed by atoms with Crippen molar-refractivity contribution in [3.63, 3.8) is 0 Å². The fourth-order valence-electron chi connectivity index (χ4n) is 1.91. The summed E-state index contributed by atoms with van der Waals surface area (Å²) in [5.41, 5.74) is 3.78. The largest absolute Gasteiger partial charge is 0.508 e. The molecule has 0 amide bonds. The van der Waals surface area contributed by atoms with Gasteiger partial charge < -0.3 is 5.11 Å². The van der Waals surface area contributed by atoms with Gasteiger partial charge in [-0.25, -0.2) is 0 Å². The van der Waals surface area contributed by atoms with Crippen molar-refractivity contribution in [3.05, 3.63) is 35.4 Å². The van der Waals surface area contributed by atoms with E-state index < -0.39 is 0 Å². The Morgan fingerprint density at radius 3 is 2.44 bits per heavy atom. The molecule has 0 radical (unpaired) electrons. The summed E-state index contributed by atoms with van der Waals surface area (Å²) >= 11 is 0. The van der Waals surface area contributed by atoms with E-state index in [0.29, 0.717) is 5.75 Å². The summed E-state index contributed by atoms with van der Waals surface area (Å²) in [5, 5.41) is 9.59. The summed E-state index contributed by atoms with van der Waals surface area (Å²) < 4.78 is 0. The minimum atomic E-state index is 0.0525. The normalized spacial score (nSPS) is 12.9.